The van der Waals surface area contributed by atoms with Gasteiger partial charge in [-0.05, 0) is 63.7 Å². The average molecular weight is 399 g/mol. The van der Waals surface area contributed by atoms with Crippen LogP contribution in [0.4, 0.5) is 5.69 Å². The third-order valence-electron chi connectivity index (χ3n) is 5.87. The lowest BCUT2D eigenvalue weighted by molar-refractivity contribution is -0.00501. The normalized spacial score (nSPS) is 21.3. The Morgan fingerprint density at radius 1 is 1.10 bits per heavy atom. The third-order valence-corrected chi connectivity index (χ3v) is 5.87. The lowest BCUT2D eigenvalue weighted by atomic mass is 9.73. The van der Waals surface area contributed by atoms with E-state index in [4.69, 9.17) is 9.47 Å². The fourth-order valence-electron chi connectivity index (χ4n) is 4.29. The molecule has 29 heavy (non-hydrogen) atoms. The van der Waals surface area contributed by atoms with Crippen molar-refractivity contribution < 1.29 is 14.6 Å². The molecule has 1 aliphatic heterocycles. The van der Waals surface area contributed by atoms with Crippen LogP contribution in [0.25, 0.3) is 0 Å². The van der Waals surface area contributed by atoms with Crippen LogP contribution in [0.15, 0.2) is 42.5 Å². The van der Waals surface area contributed by atoms with Crippen molar-refractivity contribution in [2.24, 2.45) is 0 Å². The Balaban J connectivity index is 2.05. The molecule has 0 aromatic heterocycles. The van der Waals surface area contributed by atoms with Gasteiger partial charge < -0.3 is 24.4 Å². The number of hydrogen-bond acceptors (Lipinski definition) is 5. The first-order valence-corrected chi connectivity index (χ1v) is 10.3. The van der Waals surface area contributed by atoms with Gasteiger partial charge in [0, 0.05) is 31.3 Å². The van der Waals surface area contributed by atoms with Gasteiger partial charge in [-0.2, -0.15) is 0 Å². The second kappa shape index (κ2) is 9.06. The van der Waals surface area contributed by atoms with E-state index in [1.807, 2.05) is 32.3 Å². The number of hydrogen-bond donors (Lipinski definition) is 1. The smallest absolute Gasteiger partial charge is 0.167 e. The molecule has 0 spiro atoms. The Bertz CT molecular complexity index is 804. The van der Waals surface area contributed by atoms with Crippen molar-refractivity contribution in [3.8, 4) is 11.5 Å². The predicted molar refractivity (Wildman–Crippen MR) is 118 cm³/mol. The number of para-hydroxylation sites is 1. The van der Waals surface area contributed by atoms with Crippen LogP contribution in [-0.4, -0.2) is 58.5 Å². The van der Waals surface area contributed by atoms with Crippen LogP contribution in [0.5, 0.6) is 11.5 Å². The molecule has 0 aliphatic carbocycles. The fraction of sp³-hybridized carbons (Fsp3) is 0.500. The monoisotopic (exact) mass is 398 g/mol. The molecule has 158 valence electrons. The lowest BCUT2D eigenvalue weighted by Crippen LogP contribution is -2.34. The Kier molecular flexibility index (Phi) is 6.70. The number of nitrogens with zero attached hydrogens (tertiary/aromatic N) is 2. The van der Waals surface area contributed by atoms with E-state index in [9.17, 15) is 5.11 Å². The molecule has 0 saturated heterocycles. The summed E-state index contributed by atoms with van der Waals surface area (Å²) in [6.07, 6.45) is 2.30. The second-order valence-corrected chi connectivity index (χ2v) is 8.34. The molecule has 0 saturated carbocycles. The van der Waals surface area contributed by atoms with Crippen LogP contribution < -0.4 is 14.4 Å². The molecule has 2 atom stereocenters. The highest BCUT2D eigenvalue weighted by Gasteiger charge is 2.43. The summed E-state index contributed by atoms with van der Waals surface area (Å²) in [6, 6.07) is 14.3. The van der Waals surface area contributed by atoms with Gasteiger partial charge >= 0.3 is 0 Å². The SMILES string of the molecule is COc1cccc2c1OCC[C@H](c1ccc(N(C)C)cc1)[C@@]2(O)CCCN(C)C. The second-order valence-electron chi connectivity index (χ2n) is 8.34. The Morgan fingerprint density at radius 2 is 1.83 bits per heavy atom. The van der Waals surface area contributed by atoms with Crippen molar-refractivity contribution in [1.29, 1.82) is 0 Å². The molecule has 2 aromatic rings. The number of fused-ring (bicyclic) bond motifs is 1. The van der Waals surface area contributed by atoms with E-state index < -0.39 is 5.60 Å². The zero-order valence-corrected chi connectivity index (χ0v) is 18.3. The summed E-state index contributed by atoms with van der Waals surface area (Å²) in [4.78, 5) is 4.24. The van der Waals surface area contributed by atoms with Crippen molar-refractivity contribution in [1.82, 2.24) is 4.90 Å². The first kappa shape index (κ1) is 21.5. The highest BCUT2D eigenvalue weighted by atomic mass is 16.5. The highest BCUT2D eigenvalue weighted by molar-refractivity contribution is 5.52. The maximum absolute atomic E-state index is 12.2. The first-order valence-electron chi connectivity index (χ1n) is 10.3. The number of methoxy groups -OCH3 is 1. The number of rotatable bonds is 7. The fourth-order valence-corrected chi connectivity index (χ4v) is 4.29. The molecule has 1 aliphatic rings. The van der Waals surface area contributed by atoms with E-state index in [2.05, 4.69) is 48.2 Å². The van der Waals surface area contributed by atoms with Gasteiger partial charge in [-0.3, -0.25) is 0 Å². The highest BCUT2D eigenvalue weighted by Crippen LogP contribution is 2.50. The number of anilines is 1. The van der Waals surface area contributed by atoms with Crippen LogP contribution in [0.2, 0.25) is 0 Å². The van der Waals surface area contributed by atoms with Gasteiger partial charge in [-0.15, -0.1) is 0 Å². The molecule has 3 rings (SSSR count). The summed E-state index contributed by atoms with van der Waals surface area (Å²) in [5.74, 6) is 1.31. The summed E-state index contributed by atoms with van der Waals surface area (Å²) in [6.45, 7) is 1.47. The van der Waals surface area contributed by atoms with Crippen LogP contribution >= 0.6 is 0 Å². The van der Waals surface area contributed by atoms with Crippen LogP contribution in [0, 0.1) is 0 Å². The van der Waals surface area contributed by atoms with Gasteiger partial charge in [0.2, 0.25) is 0 Å². The first-order chi connectivity index (χ1) is 13.9. The maximum Gasteiger partial charge on any atom is 0.167 e. The van der Waals surface area contributed by atoms with Crippen molar-refractivity contribution >= 4 is 5.69 Å². The molecule has 5 heteroatoms. The molecule has 1 heterocycles. The topological polar surface area (TPSA) is 45.2 Å². The number of ether oxygens (including phenoxy) is 2. The van der Waals surface area contributed by atoms with E-state index in [-0.39, 0.29) is 5.92 Å². The summed E-state index contributed by atoms with van der Waals surface area (Å²) in [5, 5.41) is 12.2. The molecule has 2 aromatic carbocycles. The zero-order valence-electron chi connectivity index (χ0n) is 18.3. The molecular weight excluding hydrogens is 364 g/mol. The maximum atomic E-state index is 12.2. The Hall–Kier alpha value is -2.24. The molecule has 0 unspecified atom stereocenters. The van der Waals surface area contributed by atoms with Crippen LogP contribution in [0.3, 0.4) is 0 Å². The summed E-state index contributed by atoms with van der Waals surface area (Å²) in [7, 11) is 9.85. The minimum Gasteiger partial charge on any atom is -0.493 e. The van der Waals surface area contributed by atoms with Crippen LogP contribution in [-0.2, 0) is 5.60 Å². The van der Waals surface area contributed by atoms with Gasteiger partial charge in [0.25, 0.3) is 0 Å². The predicted octanol–water partition coefficient (Wildman–Crippen LogP) is 3.86. The van der Waals surface area contributed by atoms with Gasteiger partial charge in [-0.1, -0.05) is 24.3 Å². The van der Waals surface area contributed by atoms with E-state index >= 15 is 0 Å². The summed E-state index contributed by atoms with van der Waals surface area (Å²) in [5.41, 5.74) is 2.10. The molecule has 0 amide bonds. The van der Waals surface area contributed by atoms with Crippen molar-refractivity contribution in [3.63, 3.8) is 0 Å². The zero-order chi connectivity index (χ0) is 21.0. The standard InChI is InChI=1S/C24H34N2O3/c1-25(2)16-7-15-24(27)20(18-10-12-19(13-11-18)26(3)4)14-17-29-23-21(24)8-6-9-22(23)28-5/h6,8-13,20,27H,7,14-17H2,1-5H3/t20-,24+/m1/s1. The molecule has 1 N–H and O–H groups in total. The summed E-state index contributed by atoms with van der Waals surface area (Å²) >= 11 is 0. The molecular formula is C24H34N2O3. The number of aliphatic hydroxyl groups is 1. The molecule has 0 radical (unpaired) electrons. The molecule has 0 fully saturated rings. The van der Waals surface area contributed by atoms with E-state index in [1.165, 1.54) is 0 Å². The van der Waals surface area contributed by atoms with Crippen molar-refractivity contribution in [3.05, 3.63) is 53.6 Å². The van der Waals surface area contributed by atoms with Crippen molar-refractivity contribution in [2.45, 2.75) is 30.8 Å². The molecule has 0 bridgehead atoms. The van der Waals surface area contributed by atoms with E-state index in [0.717, 1.165) is 36.2 Å². The quantitative estimate of drug-likeness (QED) is 0.767. The van der Waals surface area contributed by atoms with E-state index in [0.29, 0.717) is 24.5 Å². The van der Waals surface area contributed by atoms with Gasteiger partial charge in [0.15, 0.2) is 11.5 Å². The summed E-state index contributed by atoms with van der Waals surface area (Å²) < 4.78 is 11.6. The number of benzene rings is 2. The van der Waals surface area contributed by atoms with Crippen molar-refractivity contribution in [2.75, 3.05) is 53.4 Å². The third kappa shape index (κ3) is 4.51. The largest absolute Gasteiger partial charge is 0.493 e. The molecule has 5 nitrogen and oxygen atoms in total. The van der Waals surface area contributed by atoms with Gasteiger partial charge in [0.05, 0.1) is 13.7 Å². The van der Waals surface area contributed by atoms with Gasteiger partial charge in [-0.25, -0.2) is 0 Å². The Morgan fingerprint density at radius 3 is 2.45 bits per heavy atom. The average Bonchev–Trinajstić information content (AvgIpc) is 2.84. The Labute approximate surface area is 174 Å². The van der Waals surface area contributed by atoms with Crippen LogP contribution in [0.1, 0.15) is 36.3 Å². The van der Waals surface area contributed by atoms with Gasteiger partial charge in [0.1, 0.15) is 5.60 Å². The van der Waals surface area contributed by atoms with E-state index in [1.54, 1.807) is 7.11 Å². The minimum absolute atomic E-state index is 0.0470. The lowest BCUT2D eigenvalue weighted by Gasteiger charge is -2.36. The minimum atomic E-state index is -1.02.